The summed E-state index contributed by atoms with van der Waals surface area (Å²) < 4.78 is 11.3. The summed E-state index contributed by atoms with van der Waals surface area (Å²) in [6.07, 6.45) is 6.39. The van der Waals surface area contributed by atoms with Crippen LogP contribution in [-0.2, 0) is 20.9 Å². The summed E-state index contributed by atoms with van der Waals surface area (Å²) in [5.74, 6) is -0.936. The fourth-order valence-electron chi connectivity index (χ4n) is 2.00. The lowest BCUT2D eigenvalue weighted by Crippen LogP contribution is -2.24. The molecule has 1 aliphatic rings. The molecule has 0 aliphatic carbocycles. The standard InChI is InChI=1S/C14H18O4S/c15-14(16)5-4-11-6-8-19-13(11)10-17-9-12-3-1-2-7-18-12/h4-6,8,12H,1-3,7,9-10H2,(H,15,16). The molecule has 5 heteroatoms. The molecule has 0 bridgehead atoms. The molecule has 2 rings (SSSR count). The van der Waals surface area contributed by atoms with Crippen molar-refractivity contribution < 1.29 is 19.4 Å². The van der Waals surface area contributed by atoms with Gasteiger partial charge in [-0.15, -0.1) is 11.3 Å². The van der Waals surface area contributed by atoms with E-state index in [0.717, 1.165) is 36.0 Å². The second kappa shape index (κ2) is 7.43. The highest BCUT2D eigenvalue weighted by molar-refractivity contribution is 7.10. The van der Waals surface area contributed by atoms with Gasteiger partial charge in [0.2, 0.25) is 0 Å². The third-order valence-electron chi connectivity index (χ3n) is 3.00. The summed E-state index contributed by atoms with van der Waals surface area (Å²) in [7, 11) is 0. The third-order valence-corrected chi connectivity index (χ3v) is 3.91. The maximum Gasteiger partial charge on any atom is 0.328 e. The van der Waals surface area contributed by atoms with Crippen LogP contribution in [0.1, 0.15) is 29.7 Å². The van der Waals surface area contributed by atoms with Gasteiger partial charge in [-0.25, -0.2) is 4.79 Å². The van der Waals surface area contributed by atoms with Gasteiger partial charge in [0.25, 0.3) is 0 Å². The van der Waals surface area contributed by atoms with Crippen molar-refractivity contribution in [2.45, 2.75) is 32.0 Å². The van der Waals surface area contributed by atoms with Gasteiger partial charge in [0.1, 0.15) is 0 Å². The number of hydrogen-bond acceptors (Lipinski definition) is 4. The van der Waals surface area contributed by atoms with Gasteiger partial charge in [0, 0.05) is 17.6 Å². The first-order valence-electron chi connectivity index (χ1n) is 6.42. The Morgan fingerprint density at radius 3 is 3.21 bits per heavy atom. The first-order valence-corrected chi connectivity index (χ1v) is 7.30. The van der Waals surface area contributed by atoms with Crippen LogP contribution in [0.5, 0.6) is 0 Å². The topological polar surface area (TPSA) is 55.8 Å². The van der Waals surface area contributed by atoms with E-state index in [9.17, 15) is 4.79 Å². The van der Waals surface area contributed by atoms with Crippen molar-refractivity contribution in [1.82, 2.24) is 0 Å². The number of aliphatic carboxylic acids is 1. The van der Waals surface area contributed by atoms with Crippen LogP contribution in [0.15, 0.2) is 17.5 Å². The van der Waals surface area contributed by atoms with E-state index in [0.29, 0.717) is 13.2 Å². The summed E-state index contributed by atoms with van der Waals surface area (Å²) in [5.41, 5.74) is 0.914. The third kappa shape index (κ3) is 4.78. The van der Waals surface area contributed by atoms with Crippen molar-refractivity contribution in [3.8, 4) is 0 Å². The van der Waals surface area contributed by atoms with E-state index in [1.807, 2.05) is 11.4 Å². The summed E-state index contributed by atoms with van der Waals surface area (Å²) >= 11 is 1.58. The van der Waals surface area contributed by atoms with E-state index in [1.54, 1.807) is 17.4 Å². The van der Waals surface area contributed by atoms with Gasteiger partial charge >= 0.3 is 5.97 Å². The quantitative estimate of drug-likeness (QED) is 0.815. The molecule has 1 atom stereocenters. The van der Waals surface area contributed by atoms with E-state index in [1.165, 1.54) is 6.42 Å². The Hall–Kier alpha value is -1.17. The number of thiophene rings is 1. The summed E-state index contributed by atoms with van der Waals surface area (Å²) in [6, 6.07) is 1.90. The van der Waals surface area contributed by atoms with E-state index >= 15 is 0 Å². The Bertz CT molecular complexity index is 432. The maximum atomic E-state index is 10.5. The predicted octanol–water partition coefficient (Wildman–Crippen LogP) is 2.93. The lowest BCUT2D eigenvalue weighted by molar-refractivity contribution is -0.131. The zero-order valence-corrected chi connectivity index (χ0v) is 11.5. The van der Waals surface area contributed by atoms with Crippen molar-refractivity contribution in [2.75, 3.05) is 13.2 Å². The lowest BCUT2D eigenvalue weighted by Gasteiger charge is -2.22. The molecule has 1 aromatic rings. The number of rotatable bonds is 6. The van der Waals surface area contributed by atoms with E-state index in [4.69, 9.17) is 14.6 Å². The van der Waals surface area contributed by atoms with Gasteiger partial charge in [-0.3, -0.25) is 0 Å². The van der Waals surface area contributed by atoms with Gasteiger partial charge in [-0.05, 0) is 42.3 Å². The molecule has 1 saturated heterocycles. The molecular formula is C14H18O4S. The van der Waals surface area contributed by atoms with E-state index in [-0.39, 0.29) is 6.10 Å². The molecule has 1 aliphatic heterocycles. The molecular weight excluding hydrogens is 264 g/mol. The van der Waals surface area contributed by atoms with Crippen LogP contribution in [0.4, 0.5) is 0 Å². The average molecular weight is 282 g/mol. The van der Waals surface area contributed by atoms with Crippen LogP contribution >= 0.6 is 11.3 Å². The monoisotopic (exact) mass is 282 g/mol. The Morgan fingerprint density at radius 2 is 2.47 bits per heavy atom. The minimum Gasteiger partial charge on any atom is -0.478 e. The zero-order chi connectivity index (χ0) is 13.5. The molecule has 0 spiro atoms. The number of carboxylic acids is 1. The highest BCUT2D eigenvalue weighted by Crippen LogP contribution is 2.20. The van der Waals surface area contributed by atoms with E-state index < -0.39 is 5.97 Å². The molecule has 2 heterocycles. The van der Waals surface area contributed by atoms with Crippen molar-refractivity contribution in [3.63, 3.8) is 0 Å². The van der Waals surface area contributed by atoms with Crippen LogP contribution in [0, 0.1) is 0 Å². The van der Waals surface area contributed by atoms with E-state index in [2.05, 4.69) is 0 Å². The number of hydrogen-bond donors (Lipinski definition) is 1. The Balaban J connectivity index is 1.79. The Kier molecular flexibility index (Phi) is 5.57. The highest BCUT2D eigenvalue weighted by Gasteiger charge is 2.14. The molecule has 4 nitrogen and oxygen atoms in total. The molecule has 1 unspecified atom stereocenters. The van der Waals surface area contributed by atoms with Crippen molar-refractivity contribution in [3.05, 3.63) is 28.0 Å². The number of carbonyl (C=O) groups is 1. The Labute approximate surface area is 116 Å². The molecule has 1 N–H and O–H groups in total. The zero-order valence-electron chi connectivity index (χ0n) is 10.7. The minimum atomic E-state index is -0.936. The summed E-state index contributed by atoms with van der Waals surface area (Å²) in [5, 5.41) is 10.6. The molecule has 19 heavy (non-hydrogen) atoms. The number of ether oxygens (including phenoxy) is 2. The molecule has 0 saturated carbocycles. The van der Waals surface area contributed by atoms with Gasteiger partial charge in [0.05, 0.1) is 19.3 Å². The SMILES string of the molecule is O=C(O)C=Cc1ccsc1COCC1CCCCO1. The normalized spacial score (nSPS) is 19.9. The molecule has 0 radical (unpaired) electrons. The van der Waals surface area contributed by atoms with Crippen LogP contribution in [-0.4, -0.2) is 30.4 Å². The summed E-state index contributed by atoms with van der Waals surface area (Å²) in [6.45, 7) is 1.95. The van der Waals surface area contributed by atoms with Crippen LogP contribution in [0.3, 0.4) is 0 Å². The van der Waals surface area contributed by atoms with Crippen molar-refractivity contribution in [1.29, 1.82) is 0 Å². The first kappa shape index (κ1) is 14.2. The number of carboxylic acid groups (broad SMARTS) is 1. The van der Waals surface area contributed by atoms with Gasteiger partial charge < -0.3 is 14.6 Å². The van der Waals surface area contributed by atoms with Crippen molar-refractivity contribution >= 4 is 23.4 Å². The largest absolute Gasteiger partial charge is 0.478 e. The minimum absolute atomic E-state index is 0.215. The molecule has 0 amide bonds. The first-order chi connectivity index (χ1) is 9.25. The second-order valence-corrected chi connectivity index (χ2v) is 5.48. The fraction of sp³-hybridized carbons (Fsp3) is 0.500. The molecule has 1 fully saturated rings. The maximum absolute atomic E-state index is 10.5. The lowest BCUT2D eigenvalue weighted by atomic mass is 10.1. The molecule has 104 valence electrons. The average Bonchev–Trinajstić information content (AvgIpc) is 2.85. The fourth-order valence-corrected chi connectivity index (χ4v) is 2.80. The highest BCUT2D eigenvalue weighted by atomic mass is 32.1. The molecule has 0 aromatic carbocycles. The smallest absolute Gasteiger partial charge is 0.328 e. The Morgan fingerprint density at radius 1 is 1.58 bits per heavy atom. The van der Waals surface area contributed by atoms with Gasteiger partial charge in [-0.1, -0.05) is 0 Å². The van der Waals surface area contributed by atoms with Crippen molar-refractivity contribution in [2.24, 2.45) is 0 Å². The van der Waals surface area contributed by atoms with Crippen LogP contribution < -0.4 is 0 Å². The van der Waals surface area contributed by atoms with Crippen LogP contribution in [0.2, 0.25) is 0 Å². The van der Waals surface area contributed by atoms with Crippen LogP contribution in [0.25, 0.3) is 6.08 Å². The second-order valence-electron chi connectivity index (χ2n) is 4.47. The summed E-state index contributed by atoms with van der Waals surface area (Å²) in [4.78, 5) is 11.5. The van der Waals surface area contributed by atoms with Gasteiger partial charge in [-0.2, -0.15) is 0 Å². The van der Waals surface area contributed by atoms with Gasteiger partial charge in [0.15, 0.2) is 0 Å². The predicted molar refractivity (Wildman–Crippen MR) is 74.2 cm³/mol. The molecule has 1 aromatic heterocycles.